The lowest BCUT2D eigenvalue weighted by molar-refractivity contribution is 0.122. The van der Waals surface area contributed by atoms with Crippen molar-refractivity contribution >= 4 is 27.5 Å². The van der Waals surface area contributed by atoms with E-state index in [1.165, 1.54) is 24.4 Å². The maximum absolute atomic E-state index is 14.0. The number of pyridine rings is 1. The van der Waals surface area contributed by atoms with Gasteiger partial charge in [0.2, 0.25) is 9.84 Å². The van der Waals surface area contributed by atoms with Crippen LogP contribution in [0.4, 0.5) is 9.18 Å². The standard InChI is InChI=1S/C22H24ClFN4O4S/c1-14-5-7-17(11-25-14)33(31,32)20-10-16(12-27(21(29)30)13-22(2,3)4)26-28(20)19-9-15(24)6-8-18(19)23/h5-11H,12-13H2,1-4H3,(H,29,30). The van der Waals surface area contributed by atoms with Gasteiger partial charge in [-0.1, -0.05) is 32.4 Å². The van der Waals surface area contributed by atoms with Crippen molar-refractivity contribution in [2.45, 2.75) is 44.2 Å². The number of nitrogens with zero attached hydrogens (tertiary/aromatic N) is 4. The average molecular weight is 495 g/mol. The van der Waals surface area contributed by atoms with Gasteiger partial charge in [0.15, 0.2) is 5.03 Å². The molecule has 8 nitrogen and oxygen atoms in total. The van der Waals surface area contributed by atoms with Crippen molar-refractivity contribution in [2.24, 2.45) is 5.41 Å². The second kappa shape index (κ2) is 9.11. The van der Waals surface area contributed by atoms with E-state index < -0.39 is 21.7 Å². The minimum absolute atomic E-state index is 0.0132. The molecule has 0 saturated carbocycles. The van der Waals surface area contributed by atoms with E-state index in [2.05, 4.69) is 10.1 Å². The highest BCUT2D eigenvalue weighted by molar-refractivity contribution is 7.91. The third kappa shape index (κ3) is 5.69. The lowest BCUT2D eigenvalue weighted by Gasteiger charge is -2.27. The highest BCUT2D eigenvalue weighted by atomic mass is 35.5. The van der Waals surface area contributed by atoms with E-state index in [0.29, 0.717) is 5.69 Å². The first-order chi connectivity index (χ1) is 15.3. The molecule has 0 spiro atoms. The number of benzene rings is 1. The third-order valence-corrected chi connectivity index (χ3v) is 6.65. The van der Waals surface area contributed by atoms with Crippen LogP contribution in [0.3, 0.4) is 0 Å². The van der Waals surface area contributed by atoms with Gasteiger partial charge in [0.05, 0.1) is 27.8 Å². The molecule has 0 radical (unpaired) electrons. The van der Waals surface area contributed by atoms with E-state index in [9.17, 15) is 22.7 Å². The zero-order valence-corrected chi connectivity index (χ0v) is 20.2. The number of aryl methyl sites for hydroxylation is 1. The Bertz CT molecular complexity index is 1280. The van der Waals surface area contributed by atoms with E-state index in [0.717, 1.165) is 21.7 Å². The van der Waals surface area contributed by atoms with E-state index >= 15 is 0 Å². The van der Waals surface area contributed by atoms with Crippen LogP contribution in [0.2, 0.25) is 5.02 Å². The first-order valence-corrected chi connectivity index (χ1v) is 11.8. The molecule has 3 aromatic rings. The second-order valence-corrected chi connectivity index (χ2v) is 11.1. The van der Waals surface area contributed by atoms with Gasteiger partial charge in [-0.25, -0.2) is 22.3 Å². The maximum Gasteiger partial charge on any atom is 0.407 e. The molecule has 0 bridgehead atoms. The predicted octanol–water partition coefficient (Wildman–Crippen LogP) is 4.73. The molecule has 0 atom stereocenters. The van der Waals surface area contributed by atoms with Crippen LogP contribution in [0.25, 0.3) is 5.69 Å². The average Bonchev–Trinajstić information content (AvgIpc) is 3.13. The fourth-order valence-corrected chi connectivity index (χ4v) is 4.73. The molecular weight excluding hydrogens is 471 g/mol. The van der Waals surface area contributed by atoms with Gasteiger partial charge in [0, 0.05) is 30.6 Å². The molecule has 3 rings (SSSR count). The van der Waals surface area contributed by atoms with Crippen molar-refractivity contribution < 1.29 is 22.7 Å². The molecule has 11 heteroatoms. The van der Waals surface area contributed by atoms with Crippen LogP contribution < -0.4 is 0 Å². The number of sulfone groups is 1. The van der Waals surface area contributed by atoms with Crippen LogP contribution in [-0.2, 0) is 16.4 Å². The van der Waals surface area contributed by atoms with Crippen LogP contribution >= 0.6 is 11.6 Å². The van der Waals surface area contributed by atoms with Gasteiger partial charge in [-0.3, -0.25) is 4.98 Å². The minimum atomic E-state index is -4.14. The first kappa shape index (κ1) is 24.7. The third-order valence-electron chi connectivity index (χ3n) is 4.62. The first-order valence-electron chi connectivity index (χ1n) is 9.98. The summed E-state index contributed by atoms with van der Waals surface area (Å²) in [4.78, 5) is 16.9. The fraction of sp³-hybridized carbons (Fsp3) is 0.318. The van der Waals surface area contributed by atoms with Crippen molar-refractivity contribution in [2.75, 3.05) is 6.54 Å². The van der Waals surface area contributed by atoms with Crippen LogP contribution in [0.5, 0.6) is 0 Å². The number of hydrogen-bond donors (Lipinski definition) is 1. The largest absolute Gasteiger partial charge is 0.465 e. The Hall–Kier alpha value is -2.98. The van der Waals surface area contributed by atoms with E-state index in [1.54, 1.807) is 13.0 Å². The number of carbonyl (C=O) groups is 1. The zero-order chi connectivity index (χ0) is 24.6. The smallest absolute Gasteiger partial charge is 0.407 e. The summed E-state index contributed by atoms with van der Waals surface area (Å²) in [6.07, 6.45) is 0.0493. The second-order valence-electron chi connectivity index (χ2n) is 8.82. The number of carboxylic acid groups (broad SMARTS) is 1. The number of hydrogen-bond acceptors (Lipinski definition) is 5. The SMILES string of the molecule is Cc1ccc(S(=O)(=O)c2cc(CN(CC(C)(C)C)C(=O)O)nn2-c2cc(F)ccc2Cl)cn1. The van der Waals surface area contributed by atoms with Gasteiger partial charge in [-0.2, -0.15) is 5.10 Å². The molecular formula is C22H24ClFN4O4S. The monoisotopic (exact) mass is 494 g/mol. The van der Waals surface area contributed by atoms with Gasteiger partial charge in [-0.05, 0) is 36.6 Å². The summed E-state index contributed by atoms with van der Waals surface area (Å²) in [7, 11) is -4.14. The van der Waals surface area contributed by atoms with Crippen LogP contribution in [-0.4, -0.2) is 45.8 Å². The highest BCUT2D eigenvalue weighted by Gasteiger charge is 2.28. The lowest BCUT2D eigenvalue weighted by Crippen LogP contribution is -2.36. The summed E-state index contributed by atoms with van der Waals surface area (Å²) >= 11 is 6.23. The molecule has 0 fully saturated rings. The highest BCUT2D eigenvalue weighted by Crippen LogP contribution is 2.29. The van der Waals surface area contributed by atoms with E-state index in [4.69, 9.17) is 11.6 Å². The molecule has 2 aromatic heterocycles. The molecule has 1 N–H and O–H groups in total. The predicted molar refractivity (Wildman–Crippen MR) is 121 cm³/mol. The topological polar surface area (TPSA) is 105 Å². The summed E-state index contributed by atoms with van der Waals surface area (Å²) < 4.78 is 41.9. The van der Waals surface area contributed by atoms with Crippen molar-refractivity contribution in [1.29, 1.82) is 0 Å². The number of halogens is 2. The molecule has 2 heterocycles. The van der Waals surface area contributed by atoms with Gasteiger partial charge in [-0.15, -0.1) is 0 Å². The van der Waals surface area contributed by atoms with Gasteiger partial charge < -0.3 is 10.0 Å². The summed E-state index contributed by atoms with van der Waals surface area (Å²) in [5.74, 6) is -0.633. The molecule has 0 aliphatic heterocycles. The van der Waals surface area contributed by atoms with Crippen molar-refractivity contribution in [3.63, 3.8) is 0 Å². The van der Waals surface area contributed by atoms with E-state index in [-0.39, 0.29) is 44.8 Å². The number of rotatable bonds is 6. The van der Waals surface area contributed by atoms with Crippen molar-refractivity contribution in [3.05, 3.63) is 64.8 Å². The Morgan fingerprint density at radius 1 is 1.21 bits per heavy atom. The molecule has 0 unspecified atom stereocenters. The summed E-state index contributed by atoms with van der Waals surface area (Å²) in [6, 6.07) is 7.74. The molecule has 1 aromatic carbocycles. The van der Waals surface area contributed by atoms with Crippen molar-refractivity contribution in [1.82, 2.24) is 19.7 Å². The Morgan fingerprint density at radius 2 is 1.91 bits per heavy atom. The Labute approximate surface area is 196 Å². The summed E-state index contributed by atoms with van der Waals surface area (Å²) in [5.41, 5.74) is 0.477. The summed E-state index contributed by atoms with van der Waals surface area (Å²) in [6.45, 7) is 7.40. The normalized spacial score (nSPS) is 12.1. The molecule has 0 saturated heterocycles. The molecule has 1 amide bonds. The Kier molecular flexibility index (Phi) is 6.80. The van der Waals surface area contributed by atoms with Crippen molar-refractivity contribution in [3.8, 4) is 5.69 Å². The lowest BCUT2D eigenvalue weighted by atomic mass is 9.96. The summed E-state index contributed by atoms with van der Waals surface area (Å²) in [5, 5.41) is 13.7. The van der Waals surface area contributed by atoms with Gasteiger partial charge >= 0.3 is 6.09 Å². The van der Waals surface area contributed by atoms with Crippen LogP contribution in [0, 0.1) is 18.2 Å². The number of aromatic nitrogens is 3. The molecule has 176 valence electrons. The van der Waals surface area contributed by atoms with Gasteiger partial charge in [0.1, 0.15) is 5.82 Å². The van der Waals surface area contributed by atoms with Crippen LogP contribution in [0.15, 0.2) is 52.5 Å². The van der Waals surface area contributed by atoms with E-state index in [1.807, 2.05) is 20.8 Å². The van der Waals surface area contributed by atoms with Gasteiger partial charge in [0.25, 0.3) is 0 Å². The maximum atomic E-state index is 14.0. The molecule has 33 heavy (non-hydrogen) atoms. The molecule has 0 aliphatic rings. The zero-order valence-electron chi connectivity index (χ0n) is 18.6. The quantitative estimate of drug-likeness (QED) is 0.531. The minimum Gasteiger partial charge on any atom is -0.465 e. The molecule has 0 aliphatic carbocycles. The number of amides is 1. The Morgan fingerprint density at radius 3 is 2.48 bits per heavy atom. The Balaban J connectivity index is 2.17. The van der Waals surface area contributed by atoms with Crippen LogP contribution in [0.1, 0.15) is 32.2 Å². The fourth-order valence-electron chi connectivity index (χ4n) is 3.19.